The lowest BCUT2D eigenvalue weighted by Crippen LogP contribution is -2.28. The van der Waals surface area contributed by atoms with Crippen LogP contribution in [0.4, 0.5) is 18.9 Å². The number of phenolic OH excluding ortho intramolecular Hbond substituents is 4. The van der Waals surface area contributed by atoms with Gasteiger partial charge in [-0.1, -0.05) is 108 Å². The number of aromatic nitrogens is 5. The minimum Gasteiger partial charge on any atom is -0.508 e. The summed E-state index contributed by atoms with van der Waals surface area (Å²) in [7, 11) is -5.84. The summed E-state index contributed by atoms with van der Waals surface area (Å²) in [6, 6.07) is 57.0. The van der Waals surface area contributed by atoms with Crippen LogP contribution in [0.15, 0.2) is 199 Å². The van der Waals surface area contributed by atoms with Crippen molar-refractivity contribution < 1.29 is 46.2 Å². The molecule has 6 N–H and O–H groups in total. The van der Waals surface area contributed by atoms with Crippen molar-refractivity contribution >= 4 is 127 Å². The van der Waals surface area contributed by atoms with Gasteiger partial charge in [-0.15, -0.1) is 0 Å². The van der Waals surface area contributed by atoms with Gasteiger partial charge in [0.15, 0.2) is 5.75 Å². The van der Waals surface area contributed by atoms with Crippen molar-refractivity contribution in [3.63, 3.8) is 0 Å². The fourth-order valence-electron chi connectivity index (χ4n) is 11.3. The molecule has 0 bridgehead atoms. The number of aryl methyl sites for hydroxylation is 11. The van der Waals surface area contributed by atoms with Gasteiger partial charge in [0.1, 0.15) is 23.0 Å². The summed E-state index contributed by atoms with van der Waals surface area (Å²) >= 11 is 21.2. The maximum atomic E-state index is 12.9. The standard InChI is InChI=1S/C19H16ClN.C18H13ClF3NO3S.C17H14ClNO.C11H10BrNO.C11H11NO.C7H9NO/c1-4-16-12(2)11-18-17(10-5-13(3)21-18)19(16)14-6-8-15(20)9-7-14;1-10-9-15-14(8-3-11(2)23-15)16(12-4-6-13(19)7-5-12)17(10)26-27(24,25)18(20,21)22;1-10-9-15-14(8-3-11(2)19-15)16(17(10)20)12-4-6-13(18)7-5-12;1-6-5-9-8(10(12)11(6)14)4-3-7(2)13-9;1-7-5-10-9(6-11(7)13)4-3-8(2)12-10;1-5-4-6(8)2-3-7(5)9/h4-11H,1H2,2-3H3;3-9H,1-2H3;3-9,20H,1-2H3;3-5,14H,1-2H3;3-6,13H,1-2H3;2-4,9H,8H2,1H3. The molecule has 0 radical (unpaired) electrons. The van der Waals surface area contributed by atoms with Crippen molar-refractivity contribution in [1.29, 1.82) is 0 Å². The fraction of sp³-hybridized carbons (Fsp3) is 0.145. The molecule has 21 heteroatoms. The normalized spacial score (nSPS) is 11.1. The number of pyridine rings is 5. The van der Waals surface area contributed by atoms with E-state index in [-0.39, 0.29) is 11.1 Å². The van der Waals surface area contributed by atoms with Gasteiger partial charge in [0.2, 0.25) is 0 Å². The molecule has 0 spiro atoms. The van der Waals surface area contributed by atoms with E-state index in [0.717, 1.165) is 120 Å². The molecule has 0 amide bonds. The summed E-state index contributed by atoms with van der Waals surface area (Å²) in [5, 5.41) is 44.9. The number of anilines is 1. The molecule has 0 fully saturated rings. The Balaban J connectivity index is 0.000000149. The molecule has 0 aliphatic carbocycles. The van der Waals surface area contributed by atoms with Gasteiger partial charge in [0.05, 0.1) is 32.1 Å². The summed E-state index contributed by atoms with van der Waals surface area (Å²) in [6.45, 7) is 24.6. The fourth-order valence-corrected chi connectivity index (χ4v) is 12.8. The summed E-state index contributed by atoms with van der Waals surface area (Å²) in [5.74, 6) is 0.823. The molecular weight excluding hydrogens is 1470 g/mol. The predicted octanol–water partition coefficient (Wildman–Crippen LogP) is 23.3. The van der Waals surface area contributed by atoms with E-state index in [1.54, 1.807) is 67.6 Å². The first kappa shape index (κ1) is 77.8. The highest BCUT2D eigenvalue weighted by molar-refractivity contribution is 9.10. The molecule has 104 heavy (non-hydrogen) atoms. The van der Waals surface area contributed by atoms with Gasteiger partial charge in [-0.25, -0.2) is 0 Å². The number of rotatable bonds is 6. The summed E-state index contributed by atoms with van der Waals surface area (Å²) < 4.78 is 67.1. The van der Waals surface area contributed by atoms with Crippen LogP contribution in [-0.2, 0) is 10.1 Å². The van der Waals surface area contributed by atoms with E-state index >= 15 is 0 Å². The molecule has 5 aromatic heterocycles. The van der Waals surface area contributed by atoms with E-state index in [2.05, 4.69) is 70.7 Å². The highest BCUT2D eigenvalue weighted by Crippen LogP contribution is 2.44. The van der Waals surface area contributed by atoms with E-state index in [1.165, 1.54) is 24.1 Å². The van der Waals surface area contributed by atoms with Gasteiger partial charge in [0.25, 0.3) is 0 Å². The van der Waals surface area contributed by atoms with E-state index in [1.807, 2.05) is 171 Å². The average Bonchev–Trinajstić information content (AvgIpc) is 0.764. The van der Waals surface area contributed by atoms with Gasteiger partial charge >= 0.3 is 15.6 Å². The highest BCUT2D eigenvalue weighted by atomic mass is 79.9. The Kier molecular flexibility index (Phi) is 24.7. The monoisotopic (exact) mass is 1540 g/mol. The Morgan fingerprint density at radius 3 is 1.24 bits per heavy atom. The zero-order valence-electron chi connectivity index (χ0n) is 58.6. The zero-order chi connectivity index (χ0) is 75.8. The molecule has 0 unspecified atom stereocenters. The van der Waals surface area contributed by atoms with Gasteiger partial charge in [0, 0.05) is 87.3 Å². The van der Waals surface area contributed by atoms with Crippen LogP contribution in [0, 0.1) is 76.2 Å². The molecular formula is C83H73BrCl3F3N6O7S. The Hall–Kier alpha value is -10.3. The minimum atomic E-state index is -5.84. The van der Waals surface area contributed by atoms with Crippen molar-refractivity contribution in [3.05, 3.63) is 282 Å². The summed E-state index contributed by atoms with van der Waals surface area (Å²) in [4.78, 5) is 22.3. The smallest absolute Gasteiger partial charge is 0.508 e. The first-order valence-corrected chi connectivity index (χ1v) is 35.7. The third-order valence-electron chi connectivity index (χ3n) is 16.6. The maximum absolute atomic E-state index is 12.9. The number of phenols is 4. The number of benzene rings is 9. The minimum absolute atomic E-state index is 0.196. The topological polar surface area (TPSA) is 215 Å². The molecule has 14 rings (SSSR count). The van der Waals surface area contributed by atoms with Crippen molar-refractivity contribution in [1.82, 2.24) is 24.9 Å². The SMILES string of the molecule is C=Cc1c(C)cc2nc(C)ccc2c1-c1ccc(Cl)cc1.Cc1cc(N)ccc1O.Cc1ccc2c(-c3ccc(Cl)cc3)c(O)c(C)cc2n1.Cc1ccc2c(-c3ccc(Cl)cc3)c(OS(=O)(=O)C(F)(F)F)c(C)cc2n1.Cc1ccc2c(Br)c(O)c(C)cc2n1.Cc1ccc2cc(O)c(C)cc2n1. The molecule has 14 aromatic rings. The van der Waals surface area contributed by atoms with Gasteiger partial charge in [-0.05, 0) is 281 Å². The Bertz CT molecular complexity index is 5700. The van der Waals surface area contributed by atoms with E-state index in [0.29, 0.717) is 60.9 Å². The third kappa shape index (κ3) is 18.5. The second-order valence-corrected chi connectivity index (χ2v) is 28.4. The summed E-state index contributed by atoms with van der Waals surface area (Å²) in [5.41, 5.74) is 20.1. The van der Waals surface area contributed by atoms with Crippen LogP contribution in [0.1, 0.15) is 67.4 Å². The van der Waals surface area contributed by atoms with Crippen molar-refractivity contribution in [2.24, 2.45) is 0 Å². The highest BCUT2D eigenvalue weighted by Gasteiger charge is 2.49. The molecule has 532 valence electrons. The number of nitrogens with zero attached hydrogens (tertiary/aromatic N) is 5. The Labute approximate surface area is 625 Å². The summed E-state index contributed by atoms with van der Waals surface area (Å²) in [6.07, 6.45) is 1.92. The number of alkyl halides is 3. The average molecular weight is 1540 g/mol. The van der Waals surface area contributed by atoms with E-state index in [4.69, 9.17) is 45.6 Å². The van der Waals surface area contributed by atoms with Gasteiger partial charge in [-0.2, -0.15) is 21.6 Å². The van der Waals surface area contributed by atoms with E-state index < -0.39 is 21.4 Å². The van der Waals surface area contributed by atoms with Crippen molar-refractivity contribution in [3.8, 4) is 62.1 Å². The van der Waals surface area contributed by atoms with Crippen LogP contribution in [0.25, 0.3) is 94.0 Å². The second-order valence-electron chi connectivity index (χ2n) is 24.8. The quantitative estimate of drug-likeness (QED) is 0.0454. The van der Waals surface area contributed by atoms with Crippen LogP contribution in [0.5, 0.6) is 28.7 Å². The molecule has 0 aliphatic rings. The molecule has 0 saturated heterocycles. The number of hydrogen-bond acceptors (Lipinski definition) is 13. The number of nitrogen functional groups attached to an aromatic ring is 1. The number of fused-ring (bicyclic) bond motifs is 5. The first-order valence-electron chi connectivity index (χ1n) is 32.3. The molecule has 9 aromatic carbocycles. The zero-order valence-corrected chi connectivity index (χ0v) is 63.2. The van der Waals surface area contributed by atoms with Crippen LogP contribution in [0.2, 0.25) is 15.1 Å². The number of nitrogens with two attached hydrogens (primary N) is 1. The Morgan fingerprint density at radius 2 is 0.788 bits per heavy atom. The molecule has 0 aliphatic heterocycles. The predicted molar refractivity (Wildman–Crippen MR) is 423 cm³/mol. The lowest BCUT2D eigenvalue weighted by atomic mass is 9.91. The van der Waals surface area contributed by atoms with Gasteiger partial charge in [-0.3, -0.25) is 24.9 Å². The third-order valence-corrected chi connectivity index (χ3v) is 19.1. The maximum Gasteiger partial charge on any atom is 0.534 e. The van der Waals surface area contributed by atoms with Crippen LogP contribution < -0.4 is 9.92 Å². The van der Waals surface area contributed by atoms with Crippen molar-refractivity contribution in [2.45, 2.75) is 81.7 Å². The molecule has 13 nitrogen and oxygen atoms in total. The lowest BCUT2D eigenvalue weighted by molar-refractivity contribution is -0.0500. The number of aromatic hydroxyl groups is 4. The number of hydrogen-bond donors (Lipinski definition) is 5. The largest absolute Gasteiger partial charge is 0.534 e. The van der Waals surface area contributed by atoms with Crippen LogP contribution >= 0.6 is 50.7 Å². The van der Waals surface area contributed by atoms with Crippen LogP contribution in [-0.4, -0.2) is 59.3 Å². The van der Waals surface area contributed by atoms with Gasteiger partial charge < -0.3 is 30.3 Å². The van der Waals surface area contributed by atoms with Crippen LogP contribution in [0.3, 0.4) is 0 Å². The molecule has 0 atom stereocenters. The van der Waals surface area contributed by atoms with Crippen molar-refractivity contribution in [2.75, 3.05) is 5.73 Å². The Morgan fingerprint density at radius 1 is 0.423 bits per heavy atom. The number of halogens is 7. The molecule has 5 heterocycles. The first-order chi connectivity index (χ1) is 49.1. The van der Waals surface area contributed by atoms with E-state index in [9.17, 15) is 36.9 Å². The molecule has 0 saturated carbocycles. The lowest BCUT2D eigenvalue weighted by Gasteiger charge is -2.18. The second kappa shape index (κ2) is 33.0.